The topological polar surface area (TPSA) is 60.4 Å². The molecule has 2 N–H and O–H groups in total. The molecule has 0 saturated heterocycles. The van der Waals surface area contributed by atoms with E-state index in [1.165, 1.54) is 16.5 Å². The van der Waals surface area contributed by atoms with Crippen LogP contribution in [-0.4, -0.2) is 9.38 Å². The minimum absolute atomic E-state index is 0.0715. The zero-order chi connectivity index (χ0) is 16.7. The van der Waals surface area contributed by atoms with Crippen molar-refractivity contribution in [3.05, 3.63) is 69.6 Å². The Bertz CT molecular complexity index is 964. The van der Waals surface area contributed by atoms with Crippen molar-refractivity contribution < 1.29 is 8.78 Å². The van der Waals surface area contributed by atoms with E-state index in [9.17, 15) is 13.6 Å². The second kappa shape index (κ2) is 5.55. The molecule has 0 bridgehead atoms. The van der Waals surface area contributed by atoms with Crippen molar-refractivity contribution in [1.29, 1.82) is 0 Å². The molecule has 4 nitrogen and oxygen atoms in total. The van der Waals surface area contributed by atoms with Crippen LogP contribution in [0.1, 0.15) is 24.1 Å². The van der Waals surface area contributed by atoms with Crippen LogP contribution in [0, 0.1) is 18.6 Å². The SMILES string of the molecule is Cc1cc(C(C)N)c2nc(-c3ccc(F)cc3F)cc(=O)n2c1. The first-order valence-electron chi connectivity index (χ1n) is 7.12. The van der Waals surface area contributed by atoms with Gasteiger partial charge in [0.15, 0.2) is 0 Å². The van der Waals surface area contributed by atoms with Crippen LogP contribution in [-0.2, 0) is 0 Å². The molecule has 23 heavy (non-hydrogen) atoms. The van der Waals surface area contributed by atoms with Crippen LogP contribution in [0.4, 0.5) is 8.78 Å². The molecule has 0 amide bonds. The predicted molar refractivity (Wildman–Crippen MR) is 84.2 cm³/mol. The van der Waals surface area contributed by atoms with Crippen LogP contribution in [0.25, 0.3) is 16.9 Å². The summed E-state index contributed by atoms with van der Waals surface area (Å²) in [4.78, 5) is 16.7. The summed E-state index contributed by atoms with van der Waals surface area (Å²) >= 11 is 0. The van der Waals surface area contributed by atoms with E-state index in [4.69, 9.17) is 5.73 Å². The normalized spacial score (nSPS) is 12.6. The number of rotatable bonds is 2. The summed E-state index contributed by atoms with van der Waals surface area (Å²) in [5, 5.41) is 0. The molecule has 3 rings (SSSR count). The van der Waals surface area contributed by atoms with Gasteiger partial charge in [-0.2, -0.15) is 0 Å². The minimum Gasteiger partial charge on any atom is -0.324 e. The molecule has 6 heteroatoms. The number of benzene rings is 1. The molecule has 0 fully saturated rings. The van der Waals surface area contributed by atoms with Crippen LogP contribution in [0.3, 0.4) is 0 Å². The third kappa shape index (κ3) is 2.73. The molecule has 0 radical (unpaired) electrons. The lowest BCUT2D eigenvalue weighted by Crippen LogP contribution is -2.18. The minimum atomic E-state index is -0.768. The molecule has 1 aromatic carbocycles. The summed E-state index contributed by atoms with van der Waals surface area (Å²) in [5.41, 5.74) is 7.76. The lowest BCUT2D eigenvalue weighted by Gasteiger charge is -2.13. The van der Waals surface area contributed by atoms with Gasteiger partial charge < -0.3 is 5.73 Å². The van der Waals surface area contributed by atoms with Gasteiger partial charge in [0.05, 0.1) is 5.69 Å². The second-order valence-corrected chi connectivity index (χ2v) is 5.56. The average molecular weight is 315 g/mol. The number of nitrogens with zero attached hydrogens (tertiary/aromatic N) is 2. The van der Waals surface area contributed by atoms with E-state index in [2.05, 4.69) is 4.98 Å². The third-order valence-electron chi connectivity index (χ3n) is 3.62. The maximum atomic E-state index is 14.0. The van der Waals surface area contributed by atoms with Crippen LogP contribution in [0.15, 0.2) is 41.3 Å². The summed E-state index contributed by atoms with van der Waals surface area (Å²) in [6, 6.07) is 5.89. The lowest BCUT2D eigenvalue weighted by molar-refractivity contribution is 0.585. The number of hydrogen-bond donors (Lipinski definition) is 1. The predicted octanol–water partition coefficient (Wildman–Crippen LogP) is 2.97. The number of fused-ring (bicyclic) bond motifs is 1. The highest BCUT2D eigenvalue weighted by Crippen LogP contribution is 2.23. The Balaban J connectivity index is 2.35. The van der Waals surface area contributed by atoms with Crippen molar-refractivity contribution in [3.63, 3.8) is 0 Å². The van der Waals surface area contributed by atoms with E-state index < -0.39 is 11.6 Å². The van der Waals surface area contributed by atoms with Gasteiger partial charge in [-0.25, -0.2) is 13.8 Å². The Kier molecular flexibility index (Phi) is 3.69. The molecule has 0 aliphatic rings. The zero-order valence-corrected chi connectivity index (χ0v) is 12.7. The number of hydrogen-bond acceptors (Lipinski definition) is 3. The summed E-state index contributed by atoms with van der Waals surface area (Å²) in [7, 11) is 0. The van der Waals surface area contributed by atoms with Gasteiger partial charge in [-0.1, -0.05) is 0 Å². The molecule has 118 valence electrons. The van der Waals surface area contributed by atoms with E-state index >= 15 is 0 Å². The average Bonchev–Trinajstić information content (AvgIpc) is 2.47. The van der Waals surface area contributed by atoms with Gasteiger partial charge in [-0.15, -0.1) is 0 Å². The highest BCUT2D eigenvalue weighted by atomic mass is 19.1. The van der Waals surface area contributed by atoms with E-state index in [1.807, 2.05) is 13.0 Å². The fourth-order valence-corrected chi connectivity index (χ4v) is 2.54. The molecule has 2 heterocycles. The Morgan fingerprint density at radius 3 is 2.61 bits per heavy atom. The van der Waals surface area contributed by atoms with Crippen molar-refractivity contribution in [3.8, 4) is 11.3 Å². The van der Waals surface area contributed by atoms with Crippen molar-refractivity contribution in [2.75, 3.05) is 0 Å². The van der Waals surface area contributed by atoms with Crippen LogP contribution in [0.2, 0.25) is 0 Å². The second-order valence-electron chi connectivity index (χ2n) is 5.56. The van der Waals surface area contributed by atoms with Crippen LogP contribution >= 0.6 is 0 Å². The highest BCUT2D eigenvalue weighted by molar-refractivity contribution is 5.64. The molecule has 0 aliphatic carbocycles. The molecule has 0 saturated carbocycles. The Labute approximate surface area is 131 Å². The summed E-state index contributed by atoms with van der Waals surface area (Å²) in [6.07, 6.45) is 1.65. The van der Waals surface area contributed by atoms with Gasteiger partial charge in [0.25, 0.3) is 5.56 Å². The van der Waals surface area contributed by atoms with Crippen LogP contribution < -0.4 is 11.3 Å². The molecular weight excluding hydrogens is 300 g/mol. The highest BCUT2D eigenvalue weighted by Gasteiger charge is 2.14. The quantitative estimate of drug-likeness (QED) is 0.791. The standard InChI is InChI=1S/C17H15F2N3O/c1-9-5-13(10(2)20)17-21-15(7-16(23)22(17)8-9)12-4-3-11(18)6-14(12)19/h3-8,10H,20H2,1-2H3. The fourth-order valence-electron chi connectivity index (χ4n) is 2.54. The Hall–Kier alpha value is -2.60. The summed E-state index contributed by atoms with van der Waals surface area (Å²) < 4.78 is 28.4. The summed E-state index contributed by atoms with van der Waals surface area (Å²) in [5.74, 6) is -1.45. The first-order chi connectivity index (χ1) is 10.9. The number of nitrogens with two attached hydrogens (primary N) is 1. The Morgan fingerprint density at radius 1 is 1.22 bits per heavy atom. The number of pyridine rings is 1. The fraction of sp³-hybridized carbons (Fsp3) is 0.176. The molecule has 3 aromatic rings. The van der Waals surface area contributed by atoms with Crippen molar-refractivity contribution in [1.82, 2.24) is 9.38 Å². The number of aromatic nitrogens is 2. The van der Waals surface area contributed by atoms with Gasteiger partial charge in [0, 0.05) is 35.5 Å². The van der Waals surface area contributed by atoms with Crippen molar-refractivity contribution in [2.24, 2.45) is 5.73 Å². The van der Waals surface area contributed by atoms with Gasteiger partial charge in [0.2, 0.25) is 0 Å². The van der Waals surface area contributed by atoms with Gasteiger partial charge in [-0.05, 0) is 37.6 Å². The molecule has 0 aliphatic heterocycles. The van der Waals surface area contributed by atoms with E-state index in [1.54, 1.807) is 13.1 Å². The van der Waals surface area contributed by atoms with Crippen LogP contribution in [0.5, 0.6) is 0 Å². The van der Waals surface area contributed by atoms with Gasteiger partial charge in [0.1, 0.15) is 17.3 Å². The molecule has 2 aromatic heterocycles. The number of halogens is 2. The Morgan fingerprint density at radius 2 is 1.96 bits per heavy atom. The van der Waals surface area contributed by atoms with Crippen molar-refractivity contribution >= 4 is 5.65 Å². The van der Waals surface area contributed by atoms with E-state index in [0.717, 1.165) is 17.7 Å². The first-order valence-corrected chi connectivity index (χ1v) is 7.12. The molecule has 0 spiro atoms. The maximum absolute atomic E-state index is 14.0. The first kappa shape index (κ1) is 15.3. The van der Waals surface area contributed by atoms with Gasteiger partial charge >= 0.3 is 0 Å². The largest absolute Gasteiger partial charge is 0.324 e. The maximum Gasteiger partial charge on any atom is 0.258 e. The molecule has 1 unspecified atom stereocenters. The van der Waals surface area contributed by atoms with Gasteiger partial charge in [-0.3, -0.25) is 9.20 Å². The monoisotopic (exact) mass is 315 g/mol. The van der Waals surface area contributed by atoms with E-state index in [0.29, 0.717) is 11.2 Å². The van der Waals surface area contributed by atoms with E-state index in [-0.39, 0.29) is 22.9 Å². The third-order valence-corrected chi connectivity index (χ3v) is 3.62. The van der Waals surface area contributed by atoms with Crippen molar-refractivity contribution in [2.45, 2.75) is 19.9 Å². The molecule has 1 atom stereocenters. The number of aryl methyl sites for hydroxylation is 1. The summed E-state index contributed by atoms with van der Waals surface area (Å²) in [6.45, 7) is 3.64. The molecular formula is C17H15F2N3O. The zero-order valence-electron chi connectivity index (χ0n) is 12.7. The lowest BCUT2D eigenvalue weighted by atomic mass is 10.1. The smallest absolute Gasteiger partial charge is 0.258 e.